The van der Waals surface area contributed by atoms with Crippen LogP contribution in [0.25, 0.3) is 0 Å². The van der Waals surface area contributed by atoms with Crippen LogP contribution in [0.5, 0.6) is 0 Å². The molecule has 0 radical (unpaired) electrons. The Bertz CT molecular complexity index is 1940. The molecule has 0 amide bonds. The summed E-state index contributed by atoms with van der Waals surface area (Å²) < 4.78 is 17.5. The fraction of sp³-hybridized carbons (Fsp3) is 0.754. The molecule has 2 rings (SSSR count). The van der Waals surface area contributed by atoms with Crippen molar-refractivity contribution in [1.82, 2.24) is 10.6 Å². The van der Waals surface area contributed by atoms with Gasteiger partial charge < -0.3 is 81.0 Å². The van der Waals surface area contributed by atoms with Crippen molar-refractivity contribution in [3.8, 4) is 0 Å². The van der Waals surface area contributed by atoms with E-state index in [2.05, 4.69) is 27.8 Å². The minimum atomic E-state index is -2.52. The van der Waals surface area contributed by atoms with Crippen molar-refractivity contribution in [2.75, 3.05) is 20.6 Å². The van der Waals surface area contributed by atoms with E-state index in [1.165, 1.54) is 0 Å². The summed E-state index contributed by atoms with van der Waals surface area (Å²) in [4.78, 5) is 41.7. The van der Waals surface area contributed by atoms with Gasteiger partial charge in [0, 0.05) is 82.5 Å². The predicted octanol–water partition coefficient (Wildman–Crippen LogP) is 3.63. The van der Waals surface area contributed by atoms with Crippen LogP contribution in [0.4, 0.5) is 0 Å². The second-order valence-corrected chi connectivity index (χ2v) is 21.8. The van der Waals surface area contributed by atoms with E-state index < -0.39 is 128 Å². The maximum absolute atomic E-state index is 13.6. The molecule has 1 saturated heterocycles. The largest absolute Gasteiger partial charge is 0.481 e. The summed E-state index contributed by atoms with van der Waals surface area (Å²) in [6.45, 7) is 13.1. The zero-order valence-electron chi connectivity index (χ0n) is 47.1. The van der Waals surface area contributed by atoms with Gasteiger partial charge >= 0.3 is 17.9 Å². The number of aliphatic imine (C=N–C) groups is 1. The Kier molecular flexibility index (Phi) is 31.9. The number of ether oxygens (including phenoxy) is 3. The van der Waals surface area contributed by atoms with Crippen molar-refractivity contribution in [2.45, 2.75) is 224 Å². The Morgan fingerprint density at radius 1 is 0.805 bits per heavy atom. The van der Waals surface area contributed by atoms with E-state index in [1.807, 2.05) is 27.0 Å². The Morgan fingerprint density at radius 3 is 2.09 bits per heavy atom. The number of guanidine groups is 1. The Hall–Kier alpha value is -4.06. The highest BCUT2D eigenvalue weighted by atomic mass is 16.7. The monoisotopic (exact) mass is 1100 g/mol. The molecule has 0 aromatic rings. The Morgan fingerprint density at radius 2 is 1.44 bits per heavy atom. The molecule has 2 aliphatic heterocycles. The molecule has 18 atom stereocenters. The highest BCUT2D eigenvalue weighted by molar-refractivity contribution is 5.90. The summed E-state index contributed by atoms with van der Waals surface area (Å²) in [6, 6.07) is 0. The number of carbonyl (C=O) groups is 3. The molecule has 77 heavy (non-hydrogen) atoms. The molecule has 1 fully saturated rings. The van der Waals surface area contributed by atoms with Crippen LogP contribution in [0, 0.1) is 29.6 Å². The first-order valence-electron chi connectivity index (χ1n) is 27.6. The van der Waals surface area contributed by atoms with Gasteiger partial charge in [0.25, 0.3) is 0 Å². The van der Waals surface area contributed by atoms with E-state index in [4.69, 9.17) is 14.2 Å². The van der Waals surface area contributed by atoms with Gasteiger partial charge in [-0.2, -0.15) is 0 Å². The van der Waals surface area contributed by atoms with Crippen LogP contribution >= 0.6 is 0 Å². The van der Waals surface area contributed by atoms with E-state index in [1.54, 1.807) is 72.0 Å². The summed E-state index contributed by atoms with van der Waals surface area (Å²) in [6.07, 6.45) is 1.28. The highest BCUT2D eigenvalue weighted by Crippen LogP contribution is 2.36. The van der Waals surface area contributed by atoms with Gasteiger partial charge in [-0.1, -0.05) is 83.2 Å². The van der Waals surface area contributed by atoms with Gasteiger partial charge in [-0.05, 0) is 82.6 Å². The molecule has 0 aromatic heterocycles. The zero-order valence-corrected chi connectivity index (χ0v) is 47.1. The maximum atomic E-state index is 13.6. The maximum Gasteiger partial charge on any atom is 0.334 e. The van der Waals surface area contributed by atoms with Gasteiger partial charge in [0.05, 0.1) is 54.9 Å². The molecule has 0 aliphatic carbocycles. The van der Waals surface area contributed by atoms with E-state index >= 15 is 0 Å². The molecule has 20 nitrogen and oxygen atoms in total. The van der Waals surface area contributed by atoms with Crippen molar-refractivity contribution in [2.24, 2.45) is 34.6 Å². The summed E-state index contributed by atoms with van der Waals surface area (Å²) in [5, 5.41) is 127. The third kappa shape index (κ3) is 25.7. The van der Waals surface area contributed by atoms with E-state index in [-0.39, 0.29) is 63.2 Å². The molecule has 442 valence electrons. The van der Waals surface area contributed by atoms with Gasteiger partial charge in [-0.3, -0.25) is 14.6 Å². The summed E-state index contributed by atoms with van der Waals surface area (Å²) in [5.41, 5.74) is 0.809. The molecule has 2 bridgehead atoms. The number of unbranched alkanes of at least 4 members (excludes halogenated alkanes) is 2. The summed E-state index contributed by atoms with van der Waals surface area (Å²) in [5.74, 6) is -7.05. The number of aliphatic hydroxyl groups is 10. The van der Waals surface area contributed by atoms with Gasteiger partial charge in [-0.25, -0.2) is 4.79 Å². The Balaban J connectivity index is 2.43. The van der Waals surface area contributed by atoms with Gasteiger partial charge in [0.15, 0.2) is 11.7 Å². The molecule has 2 heterocycles. The zero-order chi connectivity index (χ0) is 58.0. The van der Waals surface area contributed by atoms with Crippen molar-refractivity contribution in [1.29, 1.82) is 0 Å². The number of carboxylic acid groups (broad SMARTS) is 1. The topological polar surface area (TPSA) is 338 Å². The smallest absolute Gasteiger partial charge is 0.334 e. The van der Waals surface area contributed by atoms with E-state index in [9.17, 15) is 70.6 Å². The molecule has 2 aliphatic rings. The number of aliphatic carboxylic acids is 1. The summed E-state index contributed by atoms with van der Waals surface area (Å²) in [7, 11) is 3.53. The number of allylic oxidation sites excluding steroid dienone is 6. The van der Waals surface area contributed by atoms with Crippen molar-refractivity contribution in [3.63, 3.8) is 0 Å². The SMILES string of the molecule is CN=C(NC)NCCC/C=C/CCC[C@H](C)[C@@H]1OC(=O)/C(C)=C/C=C/[C@H](C)[C@@H](O)C[C@H](O)[C@@H](C)[C@H](O)CC[C@H](C)[C@@H](O)C[C@@]2(O)O[C@@H](C[C@@H](OC(=O)CC(=O)O)C[C@H](O)C[C@@H](O)C[C@H](O)/C(C)=C/C=C/[C@H]1C)C[C@@H](O)[C@@H]2O. The number of cyclic esters (lactones) is 1. The lowest BCUT2D eigenvalue weighted by atomic mass is 9.84. The predicted molar refractivity (Wildman–Crippen MR) is 292 cm³/mol. The van der Waals surface area contributed by atoms with Crippen LogP contribution in [0.2, 0.25) is 0 Å². The average Bonchev–Trinajstić information content (AvgIpc) is 3.35. The quantitative estimate of drug-likeness (QED) is 0.0331. The first kappa shape index (κ1) is 69.0. The molecule has 0 unspecified atom stereocenters. The third-order valence-electron chi connectivity index (χ3n) is 15.0. The number of hydrogen-bond acceptors (Lipinski definition) is 17. The first-order chi connectivity index (χ1) is 36.2. The van der Waals surface area contributed by atoms with Gasteiger partial charge in [-0.15, -0.1) is 0 Å². The number of fused-ring (bicyclic) bond motifs is 2. The van der Waals surface area contributed by atoms with Crippen LogP contribution in [-0.2, 0) is 28.6 Å². The number of carbonyl (C=O) groups excluding carboxylic acids is 2. The minimum absolute atomic E-state index is 0.0578. The highest BCUT2D eigenvalue weighted by Gasteiger charge is 2.50. The summed E-state index contributed by atoms with van der Waals surface area (Å²) >= 11 is 0. The molecule has 0 aromatic carbocycles. The van der Waals surface area contributed by atoms with Gasteiger partial charge in [0.1, 0.15) is 24.7 Å². The number of carboxylic acids is 1. The molecule has 20 heteroatoms. The van der Waals surface area contributed by atoms with E-state index in [0.29, 0.717) is 11.1 Å². The molecular formula is C57H97N3O17. The fourth-order valence-corrected chi connectivity index (χ4v) is 9.63. The average molecular weight is 1100 g/mol. The van der Waals surface area contributed by atoms with Gasteiger partial charge in [0.2, 0.25) is 0 Å². The number of nitrogens with one attached hydrogen (secondary N) is 2. The lowest BCUT2D eigenvalue weighted by Crippen LogP contribution is -2.60. The fourth-order valence-electron chi connectivity index (χ4n) is 9.63. The standard InChI is InChI=1S/C57H97N3O17/c1-34-19-16-21-38(5)53(37(4)18-14-12-10-11-13-15-25-60-56(58-8)59-9)76-55(73)39(6)22-17-20-35(2)47(65)31-48(66)40(7)45(63)24-23-36(3)50(68)33-57(74)54(72)49(67)30-44(77-57)29-43(75-52(71)32-51(69)70)27-41(61)26-42(62)28-46(34)64/h10-11,16-17,19-22,35-38,40-50,53-54,61-68,72,74H,12-15,18,23-33H2,1-9H3,(H,69,70)(H2,58,59,60)/b11-10+,20-17+,21-16+,34-19+,39-22+/t35-,36-,37-,38+,40-,41+,42+,43-,44-,45+,46-,47-,48-,49+,50-,53-,54-,57+/m0/s1. The lowest BCUT2D eigenvalue weighted by Gasteiger charge is -2.45. The molecule has 13 N–H and O–H groups in total. The lowest BCUT2D eigenvalue weighted by molar-refractivity contribution is -0.333. The normalized spacial score (nSPS) is 37.6. The second kappa shape index (κ2) is 35.5. The minimum Gasteiger partial charge on any atom is -0.481 e. The van der Waals surface area contributed by atoms with Crippen LogP contribution < -0.4 is 10.6 Å². The number of aliphatic hydroxyl groups excluding tert-OH is 9. The Labute approximate surface area is 456 Å². The third-order valence-corrected chi connectivity index (χ3v) is 15.0. The van der Waals surface area contributed by atoms with Crippen LogP contribution in [0.15, 0.2) is 64.7 Å². The van der Waals surface area contributed by atoms with Crippen LogP contribution in [-0.4, -0.2) is 180 Å². The molecule has 0 spiro atoms. The second-order valence-electron chi connectivity index (χ2n) is 21.8. The number of nitrogens with zero attached hydrogens (tertiary/aromatic N) is 1. The van der Waals surface area contributed by atoms with Crippen molar-refractivity contribution < 1.29 is 84.8 Å². The number of rotatable bonds is 12. The van der Waals surface area contributed by atoms with E-state index in [0.717, 1.165) is 44.6 Å². The number of esters is 2. The first-order valence-corrected chi connectivity index (χ1v) is 27.6. The molecular weight excluding hydrogens is 999 g/mol. The molecule has 0 saturated carbocycles. The van der Waals surface area contributed by atoms with Crippen LogP contribution in [0.1, 0.15) is 145 Å². The van der Waals surface area contributed by atoms with Crippen LogP contribution in [0.3, 0.4) is 0 Å². The van der Waals surface area contributed by atoms with Crippen molar-refractivity contribution in [3.05, 3.63) is 59.8 Å². The number of hydrogen-bond donors (Lipinski definition) is 13. The van der Waals surface area contributed by atoms with Crippen molar-refractivity contribution >= 4 is 23.9 Å².